The molecule has 1 fully saturated rings. The number of carbonyl (C=O) groups is 1. The summed E-state index contributed by atoms with van der Waals surface area (Å²) in [4.78, 5) is 33.2. The van der Waals surface area contributed by atoms with E-state index in [1.807, 2.05) is 11.1 Å². The van der Waals surface area contributed by atoms with E-state index in [0.29, 0.717) is 26.2 Å². The van der Waals surface area contributed by atoms with Crippen LogP contribution in [0.25, 0.3) is 0 Å². The number of alkyl halides is 3. The SMILES string of the molecule is C[C@@H](COCCC(=O)N1CCN2c3ncc(C(C)(C)C)cc3OCCC2C1)Nc1cn[nH]c(=O)c1C(F)(F)F. The molecule has 1 amide bonds. The number of halogens is 3. The smallest absolute Gasteiger partial charge is 0.423 e. The van der Waals surface area contributed by atoms with Crippen molar-refractivity contribution in [2.24, 2.45) is 0 Å². The molecule has 2 aromatic heterocycles. The van der Waals surface area contributed by atoms with Gasteiger partial charge in [0.1, 0.15) is 5.56 Å². The van der Waals surface area contributed by atoms with Gasteiger partial charge in [-0.05, 0) is 24.0 Å². The van der Waals surface area contributed by atoms with E-state index in [1.54, 1.807) is 12.0 Å². The summed E-state index contributed by atoms with van der Waals surface area (Å²) in [6.07, 6.45) is -1.10. The van der Waals surface area contributed by atoms with Gasteiger partial charge in [0.05, 0.1) is 44.2 Å². The van der Waals surface area contributed by atoms with Crippen molar-refractivity contribution in [3.63, 3.8) is 0 Å². The summed E-state index contributed by atoms with van der Waals surface area (Å²) in [7, 11) is 0. The Kier molecular flexibility index (Phi) is 8.38. The van der Waals surface area contributed by atoms with Crippen LogP contribution in [0.3, 0.4) is 0 Å². The summed E-state index contributed by atoms with van der Waals surface area (Å²) in [5, 5.41) is 7.85. The lowest BCUT2D eigenvalue weighted by molar-refractivity contribution is -0.138. The third-order valence-corrected chi connectivity index (χ3v) is 6.88. The molecule has 214 valence electrons. The Hall–Kier alpha value is -3.35. The zero-order valence-corrected chi connectivity index (χ0v) is 22.6. The maximum Gasteiger partial charge on any atom is 0.423 e. The molecule has 1 saturated heterocycles. The minimum absolute atomic E-state index is 0.0396. The number of hydrogen-bond donors (Lipinski definition) is 2. The van der Waals surface area contributed by atoms with Crippen LogP contribution in [0.15, 0.2) is 23.3 Å². The third-order valence-electron chi connectivity index (χ3n) is 6.88. The summed E-state index contributed by atoms with van der Waals surface area (Å²) in [5.41, 5.74) is -2.01. The molecule has 2 N–H and O–H groups in total. The predicted octanol–water partition coefficient (Wildman–Crippen LogP) is 3.19. The highest BCUT2D eigenvalue weighted by atomic mass is 19.4. The first-order chi connectivity index (χ1) is 18.3. The fourth-order valence-electron chi connectivity index (χ4n) is 4.76. The molecule has 0 bridgehead atoms. The number of rotatable bonds is 7. The monoisotopic (exact) mass is 552 g/mol. The molecular formula is C26H35F3N6O4. The molecule has 4 heterocycles. The molecule has 1 unspecified atom stereocenters. The molecule has 0 spiro atoms. The van der Waals surface area contributed by atoms with Gasteiger partial charge in [-0.25, -0.2) is 10.1 Å². The first-order valence-corrected chi connectivity index (χ1v) is 13.0. The standard InChI is InChI=1S/C26H35F3N6O4/c1-16(32-19-13-31-33-24(37)22(19)26(27,28)29)15-38-9-6-21(36)34-7-8-35-18(14-34)5-10-39-20-11-17(25(2,3)4)12-30-23(20)35/h11-13,16,18H,5-10,14-15H2,1-4H3,(H2,32,33,37)/t16-,18?/m0/s1. The van der Waals surface area contributed by atoms with Gasteiger partial charge < -0.3 is 24.6 Å². The van der Waals surface area contributed by atoms with Gasteiger partial charge in [0.25, 0.3) is 5.56 Å². The molecule has 4 rings (SSSR count). The molecule has 0 aromatic carbocycles. The lowest BCUT2D eigenvalue weighted by atomic mass is 9.88. The Morgan fingerprint density at radius 1 is 1.28 bits per heavy atom. The maximum absolute atomic E-state index is 13.2. The lowest BCUT2D eigenvalue weighted by Crippen LogP contribution is -2.55. The number of amides is 1. The van der Waals surface area contributed by atoms with E-state index in [4.69, 9.17) is 14.5 Å². The van der Waals surface area contributed by atoms with Gasteiger partial charge in [0.2, 0.25) is 5.91 Å². The van der Waals surface area contributed by atoms with Gasteiger partial charge in [-0.2, -0.15) is 18.3 Å². The maximum atomic E-state index is 13.2. The summed E-state index contributed by atoms with van der Waals surface area (Å²) in [5.74, 6) is 1.54. The van der Waals surface area contributed by atoms with E-state index in [-0.39, 0.29) is 37.0 Å². The molecule has 2 aliphatic rings. The summed E-state index contributed by atoms with van der Waals surface area (Å²) >= 11 is 0. The number of pyridine rings is 1. The van der Waals surface area contributed by atoms with E-state index in [2.05, 4.69) is 42.2 Å². The van der Waals surface area contributed by atoms with Crippen molar-refractivity contribution >= 4 is 17.4 Å². The number of carbonyl (C=O) groups excluding carboxylic acids is 1. The first kappa shape index (κ1) is 28.7. The molecule has 2 atom stereocenters. The van der Waals surface area contributed by atoms with Gasteiger partial charge in [0.15, 0.2) is 11.6 Å². The van der Waals surface area contributed by atoms with Gasteiger partial charge in [-0.1, -0.05) is 20.8 Å². The minimum Gasteiger partial charge on any atom is -0.490 e. The molecule has 2 aliphatic heterocycles. The number of piperazine rings is 1. The summed E-state index contributed by atoms with van der Waals surface area (Å²) in [6, 6.07) is 1.60. The number of fused-ring (bicyclic) bond motifs is 3. The highest BCUT2D eigenvalue weighted by Gasteiger charge is 2.38. The van der Waals surface area contributed by atoms with E-state index < -0.39 is 29.0 Å². The molecule has 0 radical (unpaired) electrons. The van der Waals surface area contributed by atoms with Crippen LogP contribution in [0.2, 0.25) is 0 Å². The van der Waals surface area contributed by atoms with E-state index in [9.17, 15) is 22.8 Å². The normalized spacial score (nSPS) is 18.5. The lowest BCUT2D eigenvalue weighted by Gasteiger charge is -2.41. The van der Waals surface area contributed by atoms with Crippen molar-refractivity contribution in [2.45, 2.75) is 64.2 Å². The number of hydrogen-bond acceptors (Lipinski definition) is 8. The zero-order chi connectivity index (χ0) is 28.4. The number of nitrogens with one attached hydrogen (secondary N) is 2. The molecule has 0 saturated carbocycles. The number of aromatic amines is 1. The minimum atomic E-state index is -4.83. The van der Waals surface area contributed by atoms with Crippen molar-refractivity contribution in [1.29, 1.82) is 0 Å². The Morgan fingerprint density at radius 3 is 2.77 bits per heavy atom. The highest BCUT2D eigenvalue weighted by molar-refractivity contribution is 5.76. The zero-order valence-electron chi connectivity index (χ0n) is 22.6. The molecule has 2 aromatic rings. The van der Waals surface area contributed by atoms with Crippen LogP contribution in [0.4, 0.5) is 24.7 Å². The molecule has 0 aliphatic carbocycles. The molecule has 10 nitrogen and oxygen atoms in total. The number of H-pyrrole nitrogens is 1. The van der Waals surface area contributed by atoms with E-state index >= 15 is 0 Å². The van der Waals surface area contributed by atoms with Crippen molar-refractivity contribution in [1.82, 2.24) is 20.1 Å². The Morgan fingerprint density at radius 2 is 2.05 bits per heavy atom. The highest BCUT2D eigenvalue weighted by Crippen LogP contribution is 2.36. The van der Waals surface area contributed by atoms with Crippen molar-refractivity contribution in [2.75, 3.05) is 49.7 Å². The molecule has 13 heteroatoms. The van der Waals surface area contributed by atoms with Crippen LogP contribution < -0.4 is 20.5 Å². The second kappa shape index (κ2) is 11.4. The average molecular weight is 553 g/mol. The fraction of sp³-hybridized carbons (Fsp3) is 0.615. The van der Waals surface area contributed by atoms with Crippen LogP contribution in [0, 0.1) is 0 Å². The largest absolute Gasteiger partial charge is 0.490 e. The average Bonchev–Trinajstić information content (AvgIpc) is 3.03. The number of nitrogens with zero attached hydrogens (tertiary/aromatic N) is 4. The Labute approximate surface area is 224 Å². The fourth-order valence-corrected chi connectivity index (χ4v) is 4.76. The van der Waals surface area contributed by atoms with Gasteiger partial charge in [-0.3, -0.25) is 9.59 Å². The second-order valence-electron chi connectivity index (χ2n) is 11.0. The van der Waals surface area contributed by atoms with Gasteiger partial charge in [0, 0.05) is 38.3 Å². The summed E-state index contributed by atoms with van der Waals surface area (Å²) in [6.45, 7) is 10.5. The quantitative estimate of drug-likeness (QED) is 0.504. The number of ether oxygens (including phenoxy) is 2. The van der Waals surface area contributed by atoms with Crippen molar-refractivity contribution < 1.29 is 27.4 Å². The predicted molar refractivity (Wildman–Crippen MR) is 139 cm³/mol. The van der Waals surface area contributed by atoms with Crippen LogP contribution in [-0.2, 0) is 21.1 Å². The number of anilines is 2. The molecule has 39 heavy (non-hydrogen) atoms. The topological polar surface area (TPSA) is 113 Å². The van der Waals surface area contributed by atoms with Gasteiger partial charge in [-0.15, -0.1) is 0 Å². The van der Waals surface area contributed by atoms with E-state index in [1.165, 1.54) is 0 Å². The molecular weight excluding hydrogens is 517 g/mol. The number of aromatic nitrogens is 3. The summed E-state index contributed by atoms with van der Waals surface area (Å²) < 4.78 is 51.2. The van der Waals surface area contributed by atoms with Crippen molar-refractivity contribution in [3.8, 4) is 5.75 Å². The van der Waals surface area contributed by atoms with E-state index in [0.717, 1.165) is 29.7 Å². The van der Waals surface area contributed by atoms with Crippen LogP contribution in [0.1, 0.15) is 51.7 Å². The first-order valence-electron chi connectivity index (χ1n) is 13.0. The van der Waals surface area contributed by atoms with Crippen LogP contribution >= 0.6 is 0 Å². The van der Waals surface area contributed by atoms with Crippen LogP contribution in [0.5, 0.6) is 5.75 Å². The van der Waals surface area contributed by atoms with Crippen molar-refractivity contribution in [3.05, 3.63) is 39.9 Å². The third kappa shape index (κ3) is 6.81. The second-order valence-corrected chi connectivity index (χ2v) is 11.0. The Balaban J connectivity index is 1.26. The van der Waals surface area contributed by atoms with Gasteiger partial charge >= 0.3 is 6.18 Å². The van der Waals surface area contributed by atoms with Crippen LogP contribution in [-0.4, -0.2) is 77.5 Å². The Bertz CT molecular complexity index is 1230.